The van der Waals surface area contributed by atoms with Crippen molar-refractivity contribution in [2.75, 3.05) is 41.1 Å². The van der Waals surface area contributed by atoms with E-state index in [1.807, 2.05) is 19.1 Å². The Balaban J connectivity index is 2.40. The van der Waals surface area contributed by atoms with Gasteiger partial charge in [0, 0.05) is 31.8 Å². The molecule has 5 heteroatoms. The second kappa shape index (κ2) is 8.17. The van der Waals surface area contributed by atoms with Gasteiger partial charge in [-0.05, 0) is 45.1 Å². The second-order valence-corrected chi connectivity index (χ2v) is 5.50. The molecule has 0 saturated heterocycles. The van der Waals surface area contributed by atoms with Gasteiger partial charge in [-0.1, -0.05) is 6.07 Å². The van der Waals surface area contributed by atoms with Gasteiger partial charge in [-0.3, -0.25) is 0 Å². The van der Waals surface area contributed by atoms with E-state index in [1.165, 1.54) is 5.56 Å². The molecule has 0 aliphatic heterocycles. The molecule has 0 atom stereocenters. The van der Waals surface area contributed by atoms with Crippen LogP contribution in [-0.4, -0.2) is 50.6 Å². The van der Waals surface area contributed by atoms with Gasteiger partial charge in [0.1, 0.15) is 12.5 Å². The zero-order valence-electron chi connectivity index (χ0n) is 14.0. The molecule has 2 aromatic rings. The molecule has 0 saturated carbocycles. The van der Waals surface area contributed by atoms with Gasteiger partial charge in [0.05, 0.1) is 5.52 Å². The Morgan fingerprint density at radius 1 is 1.23 bits per heavy atom. The standard InChI is InChI=1S/C17H26N2O3/c1-5-21-12-19-11-14(9-10-18(2)3)17-15(19)7-6-8-16(17)22-13-20-4/h6-8,11H,5,9-10,12-13H2,1-4H3. The fraction of sp³-hybridized carbons (Fsp3) is 0.529. The summed E-state index contributed by atoms with van der Waals surface area (Å²) < 4.78 is 18.5. The molecule has 1 aromatic heterocycles. The van der Waals surface area contributed by atoms with Crippen LogP contribution in [0.25, 0.3) is 10.9 Å². The minimum atomic E-state index is 0.253. The maximum absolute atomic E-state index is 5.74. The van der Waals surface area contributed by atoms with Crippen molar-refractivity contribution in [1.82, 2.24) is 9.47 Å². The van der Waals surface area contributed by atoms with Gasteiger partial charge in [-0.2, -0.15) is 0 Å². The van der Waals surface area contributed by atoms with Gasteiger partial charge in [-0.25, -0.2) is 0 Å². The Hall–Kier alpha value is -1.56. The Kier molecular flexibility index (Phi) is 6.24. The van der Waals surface area contributed by atoms with E-state index in [1.54, 1.807) is 7.11 Å². The summed E-state index contributed by atoms with van der Waals surface area (Å²) in [6.45, 7) is 4.51. The monoisotopic (exact) mass is 306 g/mol. The molecule has 0 aliphatic carbocycles. The molecule has 0 amide bonds. The predicted molar refractivity (Wildman–Crippen MR) is 88.3 cm³/mol. The lowest BCUT2D eigenvalue weighted by molar-refractivity contribution is 0.0522. The fourth-order valence-electron chi connectivity index (χ4n) is 2.48. The first-order valence-electron chi connectivity index (χ1n) is 7.62. The number of aromatic nitrogens is 1. The molecule has 0 unspecified atom stereocenters. The van der Waals surface area contributed by atoms with E-state index in [2.05, 4.69) is 35.8 Å². The molecule has 0 bridgehead atoms. The molecule has 0 fully saturated rings. The molecular weight excluding hydrogens is 280 g/mol. The van der Waals surface area contributed by atoms with Crippen molar-refractivity contribution in [3.05, 3.63) is 30.0 Å². The zero-order valence-corrected chi connectivity index (χ0v) is 14.0. The molecule has 22 heavy (non-hydrogen) atoms. The van der Waals surface area contributed by atoms with Crippen LogP contribution in [0.4, 0.5) is 0 Å². The molecule has 0 N–H and O–H groups in total. The summed E-state index contributed by atoms with van der Waals surface area (Å²) in [5.74, 6) is 0.864. The van der Waals surface area contributed by atoms with Gasteiger partial charge < -0.3 is 23.7 Å². The minimum Gasteiger partial charge on any atom is -0.467 e. The Labute approximate surface area is 132 Å². The highest BCUT2D eigenvalue weighted by Crippen LogP contribution is 2.31. The quantitative estimate of drug-likeness (QED) is 0.667. The molecule has 0 radical (unpaired) electrons. The number of hydrogen-bond donors (Lipinski definition) is 0. The Morgan fingerprint density at radius 3 is 2.73 bits per heavy atom. The summed E-state index contributed by atoms with van der Waals surface area (Å²) in [5.41, 5.74) is 2.41. The van der Waals surface area contributed by atoms with Crippen LogP contribution in [-0.2, 0) is 22.6 Å². The predicted octanol–water partition coefficient (Wildman–Crippen LogP) is 2.72. The van der Waals surface area contributed by atoms with E-state index in [0.717, 1.165) is 29.6 Å². The summed E-state index contributed by atoms with van der Waals surface area (Å²) in [7, 11) is 5.80. The van der Waals surface area contributed by atoms with Crippen LogP contribution in [0.5, 0.6) is 5.75 Å². The lowest BCUT2D eigenvalue weighted by Gasteiger charge is -2.10. The smallest absolute Gasteiger partial charge is 0.188 e. The van der Waals surface area contributed by atoms with Crippen LogP contribution in [0.15, 0.2) is 24.4 Å². The third-order valence-corrected chi connectivity index (χ3v) is 3.54. The number of nitrogens with zero attached hydrogens (tertiary/aromatic N) is 2. The van der Waals surface area contributed by atoms with Crippen molar-refractivity contribution < 1.29 is 14.2 Å². The van der Waals surface area contributed by atoms with Crippen molar-refractivity contribution in [2.24, 2.45) is 0 Å². The van der Waals surface area contributed by atoms with Crippen LogP contribution < -0.4 is 4.74 Å². The molecule has 0 aliphatic rings. The van der Waals surface area contributed by atoms with Crippen LogP contribution >= 0.6 is 0 Å². The Morgan fingerprint density at radius 2 is 2.05 bits per heavy atom. The number of benzene rings is 1. The van der Waals surface area contributed by atoms with Crippen molar-refractivity contribution in [1.29, 1.82) is 0 Å². The summed E-state index contributed by atoms with van der Waals surface area (Å²) in [6, 6.07) is 6.10. The van der Waals surface area contributed by atoms with E-state index in [-0.39, 0.29) is 6.79 Å². The van der Waals surface area contributed by atoms with E-state index < -0.39 is 0 Å². The zero-order chi connectivity index (χ0) is 15.9. The first kappa shape index (κ1) is 16.8. The van der Waals surface area contributed by atoms with Crippen LogP contribution in [0, 0.1) is 0 Å². The molecule has 1 heterocycles. The molecular formula is C17H26N2O3. The minimum absolute atomic E-state index is 0.253. The third kappa shape index (κ3) is 4.00. The summed E-state index contributed by atoms with van der Waals surface area (Å²) >= 11 is 0. The van der Waals surface area contributed by atoms with E-state index in [4.69, 9.17) is 14.2 Å². The fourth-order valence-corrected chi connectivity index (χ4v) is 2.48. The normalized spacial score (nSPS) is 11.5. The van der Waals surface area contributed by atoms with Gasteiger partial charge in [0.2, 0.25) is 0 Å². The van der Waals surface area contributed by atoms with Crippen LogP contribution in [0.3, 0.4) is 0 Å². The maximum atomic E-state index is 5.74. The highest BCUT2D eigenvalue weighted by Gasteiger charge is 2.13. The molecule has 5 nitrogen and oxygen atoms in total. The molecule has 1 aromatic carbocycles. The van der Waals surface area contributed by atoms with E-state index in [0.29, 0.717) is 13.3 Å². The van der Waals surface area contributed by atoms with Crippen molar-refractivity contribution in [2.45, 2.75) is 20.1 Å². The van der Waals surface area contributed by atoms with Crippen LogP contribution in [0.2, 0.25) is 0 Å². The summed E-state index contributed by atoms with van der Waals surface area (Å²) in [4.78, 5) is 2.18. The molecule has 2 rings (SSSR count). The lowest BCUT2D eigenvalue weighted by Crippen LogP contribution is -2.15. The highest BCUT2D eigenvalue weighted by molar-refractivity contribution is 5.90. The van der Waals surface area contributed by atoms with Gasteiger partial charge in [0.25, 0.3) is 0 Å². The number of ether oxygens (including phenoxy) is 3. The number of likely N-dealkylation sites (N-methyl/N-ethyl adjacent to an activating group) is 1. The number of hydrogen-bond acceptors (Lipinski definition) is 4. The highest BCUT2D eigenvalue weighted by atomic mass is 16.7. The molecule has 122 valence electrons. The average molecular weight is 306 g/mol. The van der Waals surface area contributed by atoms with Crippen molar-refractivity contribution >= 4 is 10.9 Å². The van der Waals surface area contributed by atoms with Gasteiger partial charge in [0.15, 0.2) is 6.79 Å². The van der Waals surface area contributed by atoms with Gasteiger partial charge in [-0.15, -0.1) is 0 Å². The first-order chi connectivity index (χ1) is 10.7. The largest absolute Gasteiger partial charge is 0.467 e. The SMILES string of the molecule is CCOCn1cc(CCN(C)C)c2c(OCOC)cccc21. The topological polar surface area (TPSA) is 35.9 Å². The first-order valence-corrected chi connectivity index (χ1v) is 7.62. The molecule has 0 spiro atoms. The average Bonchev–Trinajstić information content (AvgIpc) is 2.87. The van der Waals surface area contributed by atoms with E-state index >= 15 is 0 Å². The second-order valence-electron chi connectivity index (χ2n) is 5.50. The maximum Gasteiger partial charge on any atom is 0.188 e. The number of methoxy groups -OCH3 is 1. The van der Waals surface area contributed by atoms with E-state index in [9.17, 15) is 0 Å². The van der Waals surface area contributed by atoms with Crippen molar-refractivity contribution in [3.8, 4) is 5.75 Å². The van der Waals surface area contributed by atoms with Crippen LogP contribution in [0.1, 0.15) is 12.5 Å². The Bertz CT molecular complexity index is 593. The lowest BCUT2D eigenvalue weighted by atomic mass is 10.1. The third-order valence-electron chi connectivity index (χ3n) is 3.54. The number of rotatable bonds is 9. The van der Waals surface area contributed by atoms with Crippen molar-refractivity contribution in [3.63, 3.8) is 0 Å². The summed E-state index contributed by atoms with van der Waals surface area (Å²) in [5, 5.41) is 1.15. The summed E-state index contributed by atoms with van der Waals surface area (Å²) in [6.07, 6.45) is 3.14. The number of fused-ring (bicyclic) bond motifs is 1. The van der Waals surface area contributed by atoms with Gasteiger partial charge >= 0.3 is 0 Å².